The van der Waals surface area contributed by atoms with Gasteiger partial charge < -0.3 is 18.3 Å². The summed E-state index contributed by atoms with van der Waals surface area (Å²) < 4.78 is 65.9. The lowest BCUT2D eigenvalue weighted by Gasteiger charge is -2.40. The Kier molecular flexibility index (Phi) is 12.1. The number of carbonyl (C=O) groups excluding carboxylic acids is 1. The Labute approximate surface area is 271 Å². The third-order valence-electron chi connectivity index (χ3n) is 10.1. The molecule has 45 heavy (non-hydrogen) atoms. The summed E-state index contributed by atoms with van der Waals surface area (Å²) in [4.78, 5) is 12.7. The van der Waals surface area contributed by atoms with Gasteiger partial charge in [0.15, 0.2) is 16.6 Å². The molecule has 5 atom stereocenters. The monoisotopic (exact) mass is 668 g/mol. The average molecular weight is 669 g/mol. The molecule has 0 N–H and O–H groups in total. The molecule has 0 saturated heterocycles. The summed E-state index contributed by atoms with van der Waals surface area (Å²) in [6, 6.07) is 4.95. The maximum Gasteiger partial charge on any atom is 0.416 e. The number of carbonyl (C=O) groups is 1. The summed E-state index contributed by atoms with van der Waals surface area (Å²) in [7, 11) is -4.46. The number of esters is 1. The molecular weight excluding hydrogens is 614 g/mol. The number of fused-ring (bicyclic) bond motifs is 1. The molecule has 1 aromatic carbocycles. The lowest BCUT2D eigenvalue weighted by Crippen LogP contribution is -2.45. The molecule has 1 unspecified atom stereocenters. The highest BCUT2D eigenvalue weighted by molar-refractivity contribution is 6.74. The van der Waals surface area contributed by atoms with Gasteiger partial charge in [0.05, 0.1) is 17.8 Å². The second kappa shape index (κ2) is 14.5. The van der Waals surface area contributed by atoms with E-state index >= 15 is 0 Å². The summed E-state index contributed by atoms with van der Waals surface area (Å²) in [6.45, 7) is 21.9. The topological polar surface area (TPSA) is 54.0 Å². The van der Waals surface area contributed by atoms with Crippen molar-refractivity contribution in [1.82, 2.24) is 0 Å². The minimum Gasteiger partial charge on any atom is -0.491 e. The van der Waals surface area contributed by atoms with Gasteiger partial charge in [-0.05, 0) is 73.7 Å². The van der Waals surface area contributed by atoms with Crippen LogP contribution in [-0.4, -0.2) is 47.5 Å². The van der Waals surface area contributed by atoms with Crippen LogP contribution in [0, 0.1) is 11.8 Å². The number of ether oxygens (including phenoxy) is 2. The summed E-state index contributed by atoms with van der Waals surface area (Å²) >= 11 is 0. The van der Waals surface area contributed by atoms with E-state index in [1.807, 2.05) is 6.08 Å². The fourth-order valence-corrected chi connectivity index (χ4v) is 7.94. The van der Waals surface area contributed by atoms with Crippen LogP contribution in [0.15, 0.2) is 48.6 Å². The fraction of sp³-hybridized carbons (Fsp3) is 0.686. The Morgan fingerprint density at radius 2 is 1.67 bits per heavy atom. The number of alkyl halides is 3. The Morgan fingerprint density at radius 3 is 2.29 bits per heavy atom. The average Bonchev–Trinajstić information content (AvgIpc) is 3.20. The number of rotatable bonds is 9. The van der Waals surface area contributed by atoms with Crippen molar-refractivity contribution in [3.8, 4) is 5.75 Å². The molecule has 0 spiro atoms. The highest BCUT2D eigenvalue weighted by Crippen LogP contribution is 2.46. The number of hydrogen-bond donors (Lipinski definition) is 0. The van der Waals surface area contributed by atoms with Crippen molar-refractivity contribution in [2.75, 3.05) is 6.61 Å². The first kappa shape index (κ1) is 37.6. The van der Waals surface area contributed by atoms with Gasteiger partial charge in [-0.1, -0.05) is 71.9 Å². The third-order valence-corrected chi connectivity index (χ3v) is 19.1. The van der Waals surface area contributed by atoms with Gasteiger partial charge in [-0.25, -0.2) is 0 Å². The van der Waals surface area contributed by atoms with Crippen molar-refractivity contribution >= 4 is 22.6 Å². The maximum absolute atomic E-state index is 13.4. The lowest BCUT2D eigenvalue weighted by molar-refractivity contribution is -0.151. The molecule has 0 amide bonds. The summed E-state index contributed by atoms with van der Waals surface area (Å²) in [6.07, 6.45) is 6.56. The van der Waals surface area contributed by atoms with Crippen molar-refractivity contribution in [2.24, 2.45) is 11.8 Å². The Bertz CT molecular complexity index is 1200. The molecule has 10 heteroatoms. The molecule has 254 valence electrons. The molecule has 2 aliphatic rings. The van der Waals surface area contributed by atoms with E-state index in [4.69, 9.17) is 18.3 Å². The third kappa shape index (κ3) is 10.3. The van der Waals surface area contributed by atoms with E-state index in [1.165, 1.54) is 12.1 Å². The van der Waals surface area contributed by atoms with Crippen LogP contribution in [0.1, 0.15) is 79.2 Å². The van der Waals surface area contributed by atoms with Gasteiger partial charge in [0, 0.05) is 24.7 Å². The fourth-order valence-electron chi connectivity index (χ4n) is 5.32. The van der Waals surface area contributed by atoms with Crippen LogP contribution in [-0.2, 0) is 24.6 Å². The standard InChI is InChI=1S/C35H55F3O5Si2/c1-33(2,3)44(7,8)42-27(24-40-26-17-15-16-25(22-26)35(36,37)38)20-21-29-28-18-13-11-12-14-19-32(39)41-30(28)23-31(29)43-45(9,10)34(4,5)6/h11,13,15-17,20-22,27-31H,12,14,18-19,23-24H2,1-10H3/b13-11-,21-20+/t27-,28-,29-,30+,31?/m1/s1. The Balaban J connectivity index is 1.97. The maximum atomic E-state index is 13.4. The molecule has 5 nitrogen and oxygen atoms in total. The van der Waals surface area contributed by atoms with E-state index in [0.717, 1.165) is 31.4 Å². The van der Waals surface area contributed by atoms with Gasteiger partial charge in [0.25, 0.3) is 0 Å². The molecule has 1 fully saturated rings. The molecule has 0 aromatic heterocycles. The van der Waals surface area contributed by atoms with Crippen LogP contribution in [0.2, 0.25) is 36.3 Å². The van der Waals surface area contributed by atoms with E-state index in [9.17, 15) is 18.0 Å². The van der Waals surface area contributed by atoms with Crippen LogP contribution in [0.4, 0.5) is 13.2 Å². The van der Waals surface area contributed by atoms with Crippen LogP contribution in [0.3, 0.4) is 0 Å². The molecule has 1 heterocycles. The largest absolute Gasteiger partial charge is 0.491 e. The zero-order valence-corrected chi connectivity index (χ0v) is 30.9. The molecule has 0 bridgehead atoms. The van der Waals surface area contributed by atoms with E-state index in [1.54, 1.807) is 0 Å². The molecular formula is C35H55F3O5Si2. The second-order valence-corrected chi connectivity index (χ2v) is 25.2. The minimum atomic E-state index is -4.46. The van der Waals surface area contributed by atoms with Crippen molar-refractivity contribution in [1.29, 1.82) is 0 Å². The normalized spacial score (nSPS) is 25.5. The first-order chi connectivity index (χ1) is 20.6. The quantitative estimate of drug-likeness (QED) is 0.149. The van der Waals surface area contributed by atoms with Crippen molar-refractivity contribution in [2.45, 2.75) is 134 Å². The second-order valence-electron chi connectivity index (χ2n) is 15.7. The van der Waals surface area contributed by atoms with Crippen molar-refractivity contribution in [3.05, 3.63) is 54.1 Å². The molecule has 1 aliphatic carbocycles. The zero-order valence-electron chi connectivity index (χ0n) is 28.9. The summed E-state index contributed by atoms with van der Waals surface area (Å²) in [5.41, 5.74) is -0.751. The zero-order chi connectivity index (χ0) is 33.8. The minimum absolute atomic E-state index is 0.00111. The molecule has 1 saturated carbocycles. The predicted molar refractivity (Wildman–Crippen MR) is 179 cm³/mol. The molecule has 0 radical (unpaired) electrons. The highest BCUT2D eigenvalue weighted by Gasteiger charge is 2.49. The van der Waals surface area contributed by atoms with Crippen LogP contribution in [0.25, 0.3) is 0 Å². The molecule has 3 rings (SSSR count). The number of benzene rings is 1. The smallest absolute Gasteiger partial charge is 0.416 e. The molecule has 1 aliphatic heterocycles. The van der Waals surface area contributed by atoms with Crippen LogP contribution in [0.5, 0.6) is 5.75 Å². The van der Waals surface area contributed by atoms with E-state index in [2.05, 4.69) is 86.0 Å². The van der Waals surface area contributed by atoms with E-state index in [-0.39, 0.29) is 52.4 Å². The summed E-state index contributed by atoms with van der Waals surface area (Å²) in [5, 5.41) is -0.0852. The predicted octanol–water partition coefficient (Wildman–Crippen LogP) is 10.1. The van der Waals surface area contributed by atoms with Crippen LogP contribution >= 0.6 is 0 Å². The number of hydrogen-bond acceptors (Lipinski definition) is 5. The lowest BCUT2D eigenvalue weighted by atomic mass is 9.89. The van der Waals surface area contributed by atoms with Gasteiger partial charge in [-0.3, -0.25) is 4.79 Å². The Morgan fingerprint density at radius 1 is 1.00 bits per heavy atom. The van der Waals surface area contributed by atoms with Gasteiger partial charge in [-0.15, -0.1) is 0 Å². The highest BCUT2D eigenvalue weighted by atomic mass is 28.4. The Hall–Kier alpha value is -1.89. The number of allylic oxidation sites excluding steroid dienone is 2. The van der Waals surface area contributed by atoms with Gasteiger partial charge >= 0.3 is 12.1 Å². The SMILES string of the molecule is CC(C)(C)[Si](C)(C)OC1C[C@@H]2OC(=O)CCC/C=C\C[C@@H]2[C@H]1/C=C/[C@H](COc1cccc(C(F)(F)F)c1)O[Si](C)(C)C(C)(C)C. The van der Waals surface area contributed by atoms with Crippen LogP contribution < -0.4 is 4.74 Å². The first-order valence-corrected chi connectivity index (χ1v) is 22.1. The molecule has 1 aromatic rings. The van der Waals surface area contributed by atoms with Gasteiger partial charge in [0.1, 0.15) is 18.5 Å². The van der Waals surface area contributed by atoms with E-state index in [0.29, 0.717) is 12.8 Å². The summed E-state index contributed by atoms with van der Waals surface area (Å²) in [5.74, 6) is -0.0246. The van der Waals surface area contributed by atoms with Gasteiger partial charge in [-0.2, -0.15) is 13.2 Å². The van der Waals surface area contributed by atoms with Gasteiger partial charge in [0.2, 0.25) is 0 Å². The first-order valence-electron chi connectivity index (χ1n) is 16.3. The van der Waals surface area contributed by atoms with E-state index < -0.39 is 34.5 Å². The van der Waals surface area contributed by atoms with Crippen molar-refractivity contribution < 1.29 is 36.3 Å². The van der Waals surface area contributed by atoms with Crippen molar-refractivity contribution in [3.63, 3.8) is 0 Å². The number of halogens is 3.